The number of H-pyrrole nitrogens is 2. The third kappa shape index (κ3) is 1.37. The topological polar surface area (TPSA) is 70.2 Å². The molecule has 3 rings (SSSR count). The van der Waals surface area contributed by atoms with Crippen LogP contribution < -0.4 is 0 Å². The number of aromatic nitrogens is 5. The Kier molecular flexibility index (Phi) is 1.96. The third-order valence-electron chi connectivity index (χ3n) is 2.75. The van der Waals surface area contributed by atoms with Crippen molar-refractivity contribution < 1.29 is 0 Å². The molecule has 0 spiro atoms. The highest BCUT2D eigenvalue weighted by Gasteiger charge is 2.10. The Morgan fingerprint density at radius 2 is 2.12 bits per heavy atom. The molecule has 0 fully saturated rings. The molecule has 16 heavy (non-hydrogen) atoms. The van der Waals surface area contributed by atoms with Gasteiger partial charge in [0, 0.05) is 23.0 Å². The predicted molar refractivity (Wildman–Crippen MR) is 60.0 cm³/mol. The molecule has 0 aliphatic rings. The van der Waals surface area contributed by atoms with E-state index in [-0.39, 0.29) is 0 Å². The highest BCUT2D eigenvalue weighted by molar-refractivity contribution is 5.84. The summed E-state index contributed by atoms with van der Waals surface area (Å²) in [5, 5.41) is 15.2. The first kappa shape index (κ1) is 9.08. The van der Waals surface area contributed by atoms with Crippen molar-refractivity contribution in [3.63, 3.8) is 0 Å². The molecule has 0 unspecified atom stereocenters. The van der Waals surface area contributed by atoms with Gasteiger partial charge < -0.3 is 4.98 Å². The van der Waals surface area contributed by atoms with Gasteiger partial charge in [-0.2, -0.15) is 5.21 Å². The maximum atomic E-state index is 3.98. The fourth-order valence-corrected chi connectivity index (χ4v) is 1.98. The molecule has 0 amide bonds. The van der Waals surface area contributed by atoms with Gasteiger partial charge in [-0.25, -0.2) is 0 Å². The lowest BCUT2D eigenvalue weighted by Gasteiger charge is -1.96. The van der Waals surface area contributed by atoms with E-state index in [0.717, 1.165) is 11.2 Å². The molecule has 2 N–H and O–H groups in total. The van der Waals surface area contributed by atoms with Crippen LogP contribution in [0.2, 0.25) is 0 Å². The first-order chi connectivity index (χ1) is 7.84. The Hall–Kier alpha value is -2.17. The van der Waals surface area contributed by atoms with Crippen molar-refractivity contribution in [2.24, 2.45) is 0 Å². The van der Waals surface area contributed by atoms with Crippen molar-refractivity contribution in [1.82, 2.24) is 25.6 Å². The van der Waals surface area contributed by atoms with Gasteiger partial charge in [0.1, 0.15) is 0 Å². The SMILES string of the molecule is Cc1[nH]c2ccccc2c1Cc1nn[nH]n1. The summed E-state index contributed by atoms with van der Waals surface area (Å²) >= 11 is 0. The molecule has 0 radical (unpaired) electrons. The van der Waals surface area contributed by atoms with Crippen molar-refractivity contribution >= 4 is 10.9 Å². The van der Waals surface area contributed by atoms with Gasteiger partial charge in [-0.05, 0) is 18.6 Å². The van der Waals surface area contributed by atoms with Gasteiger partial charge in [0.15, 0.2) is 5.82 Å². The summed E-state index contributed by atoms with van der Waals surface area (Å²) in [4.78, 5) is 3.35. The van der Waals surface area contributed by atoms with E-state index in [0.29, 0.717) is 12.2 Å². The van der Waals surface area contributed by atoms with Gasteiger partial charge in [-0.15, -0.1) is 10.2 Å². The monoisotopic (exact) mass is 213 g/mol. The largest absolute Gasteiger partial charge is 0.358 e. The van der Waals surface area contributed by atoms with Crippen LogP contribution in [-0.4, -0.2) is 25.6 Å². The summed E-state index contributed by atoms with van der Waals surface area (Å²) in [6, 6.07) is 8.24. The van der Waals surface area contributed by atoms with Crippen LogP contribution in [-0.2, 0) is 6.42 Å². The van der Waals surface area contributed by atoms with E-state index in [1.165, 1.54) is 10.9 Å². The van der Waals surface area contributed by atoms with Crippen LogP contribution in [0.3, 0.4) is 0 Å². The predicted octanol–water partition coefficient (Wildman–Crippen LogP) is 1.58. The van der Waals surface area contributed by atoms with Crippen LogP contribution >= 0.6 is 0 Å². The van der Waals surface area contributed by atoms with Crippen LogP contribution in [0.1, 0.15) is 17.1 Å². The van der Waals surface area contributed by atoms with Gasteiger partial charge in [0.25, 0.3) is 0 Å². The van der Waals surface area contributed by atoms with E-state index in [1.807, 2.05) is 12.1 Å². The molecule has 1 aromatic carbocycles. The molecule has 0 bridgehead atoms. The summed E-state index contributed by atoms with van der Waals surface area (Å²) in [5.74, 6) is 0.716. The van der Waals surface area contributed by atoms with Gasteiger partial charge in [-0.1, -0.05) is 23.4 Å². The van der Waals surface area contributed by atoms with Crippen LogP contribution in [0.25, 0.3) is 10.9 Å². The number of aryl methyl sites for hydroxylation is 1. The molecule has 0 aliphatic carbocycles. The Morgan fingerprint density at radius 1 is 1.25 bits per heavy atom. The number of para-hydroxylation sites is 1. The molecule has 5 heteroatoms. The lowest BCUT2D eigenvalue weighted by Crippen LogP contribution is -1.92. The van der Waals surface area contributed by atoms with Crippen LogP contribution in [0.15, 0.2) is 24.3 Å². The third-order valence-corrected chi connectivity index (χ3v) is 2.75. The van der Waals surface area contributed by atoms with Crippen molar-refractivity contribution in [1.29, 1.82) is 0 Å². The molecule has 0 atom stereocenters. The van der Waals surface area contributed by atoms with E-state index < -0.39 is 0 Å². The summed E-state index contributed by atoms with van der Waals surface area (Å²) in [5.41, 5.74) is 3.54. The summed E-state index contributed by atoms with van der Waals surface area (Å²) in [6.45, 7) is 2.06. The number of tetrazole rings is 1. The van der Waals surface area contributed by atoms with Crippen LogP contribution in [0, 0.1) is 6.92 Å². The normalized spacial score (nSPS) is 11.1. The smallest absolute Gasteiger partial charge is 0.179 e. The quantitative estimate of drug-likeness (QED) is 0.679. The number of fused-ring (bicyclic) bond motifs is 1. The number of benzene rings is 1. The minimum Gasteiger partial charge on any atom is -0.358 e. The Balaban J connectivity index is 2.12. The second-order valence-electron chi connectivity index (χ2n) is 3.78. The second-order valence-corrected chi connectivity index (χ2v) is 3.78. The number of hydrogen-bond donors (Lipinski definition) is 2. The molecule has 0 aliphatic heterocycles. The Labute approximate surface area is 91.9 Å². The van der Waals surface area contributed by atoms with Gasteiger partial charge in [-0.3, -0.25) is 0 Å². The molecule has 3 aromatic rings. The molecular formula is C11H11N5. The molecule has 2 heterocycles. The lowest BCUT2D eigenvalue weighted by molar-refractivity contribution is 0.881. The van der Waals surface area contributed by atoms with E-state index in [1.54, 1.807) is 0 Å². The maximum absolute atomic E-state index is 3.98. The summed E-state index contributed by atoms with van der Waals surface area (Å²) < 4.78 is 0. The number of aromatic amines is 2. The van der Waals surface area contributed by atoms with Crippen molar-refractivity contribution in [3.8, 4) is 0 Å². The average molecular weight is 213 g/mol. The number of hydrogen-bond acceptors (Lipinski definition) is 3. The lowest BCUT2D eigenvalue weighted by atomic mass is 10.1. The van der Waals surface area contributed by atoms with Crippen LogP contribution in [0.4, 0.5) is 0 Å². The van der Waals surface area contributed by atoms with Crippen LogP contribution in [0.5, 0.6) is 0 Å². The zero-order chi connectivity index (χ0) is 11.0. The highest BCUT2D eigenvalue weighted by Crippen LogP contribution is 2.23. The second kappa shape index (κ2) is 3.44. The fraction of sp³-hybridized carbons (Fsp3) is 0.182. The standard InChI is InChI=1S/C11H11N5/c1-7-9(6-11-13-15-16-14-11)8-4-2-3-5-10(8)12-7/h2-5,12H,6H2,1H3,(H,13,14,15,16). The molecular weight excluding hydrogens is 202 g/mol. The number of nitrogens with zero attached hydrogens (tertiary/aromatic N) is 3. The molecule has 2 aromatic heterocycles. The Morgan fingerprint density at radius 3 is 2.94 bits per heavy atom. The van der Waals surface area contributed by atoms with E-state index >= 15 is 0 Å². The van der Waals surface area contributed by atoms with Gasteiger partial charge in [0.2, 0.25) is 0 Å². The first-order valence-electron chi connectivity index (χ1n) is 5.13. The number of nitrogens with one attached hydrogen (secondary N) is 2. The van der Waals surface area contributed by atoms with E-state index in [4.69, 9.17) is 0 Å². The van der Waals surface area contributed by atoms with Crippen molar-refractivity contribution in [3.05, 3.63) is 41.3 Å². The minimum atomic E-state index is 0.701. The fourth-order valence-electron chi connectivity index (χ4n) is 1.98. The molecule has 5 nitrogen and oxygen atoms in total. The Bertz CT molecular complexity index is 608. The molecule has 80 valence electrons. The zero-order valence-electron chi connectivity index (χ0n) is 8.86. The maximum Gasteiger partial charge on any atom is 0.179 e. The minimum absolute atomic E-state index is 0.701. The average Bonchev–Trinajstić information content (AvgIpc) is 2.89. The van der Waals surface area contributed by atoms with Gasteiger partial charge in [0.05, 0.1) is 0 Å². The molecule has 0 saturated heterocycles. The van der Waals surface area contributed by atoms with Crippen molar-refractivity contribution in [2.45, 2.75) is 13.3 Å². The molecule has 0 saturated carbocycles. The van der Waals surface area contributed by atoms with E-state index in [9.17, 15) is 0 Å². The van der Waals surface area contributed by atoms with Gasteiger partial charge >= 0.3 is 0 Å². The highest BCUT2D eigenvalue weighted by atomic mass is 15.5. The number of rotatable bonds is 2. The first-order valence-corrected chi connectivity index (χ1v) is 5.13. The summed E-state index contributed by atoms with van der Waals surface area (Å²) in [6.07, 6.45) is 0.701. The van der Waals surface area contributed by atoms with E-state index in [2.05, 4.69) is 44.7 Å². The summed E-state index contributed by atoms with van der Waals surface area (Å²) in [7, 11) is 0. The van der Waals surface area contributed by atoms with Crippen molar-refractivity contribution in [2.75, 3.05) is 0 Å². The zero-order valence-corrected chi connectivity index (χ0v) is 8.86.